The van der Waals surface area contributed by atoms with E-state index >= 15 is 0 Å². The molecule has 1 saturated carbocycles. The summed E-state index contributed by atoms with van der Waals surface area (Å²) in [6.45, 7) is 7.62. The maximum absolute atomic E-state index is 14.7. The smallest absolute Gasteiger partial charge is 0.407 e. The lowest BCUT2D eigenvalue weighted by molar-refractivity contribution is -0.149. The van der Waals surface area contributed by atoms with Crippen LogP contribution in [0.4, 0.5) is 10.6 Å². The van der Waals surface area contributed by atoms with Gasteiger partial charge in [0.2, 0.25) is 17.4 Å². The lowest BCUT2D eigenvalue weighted by Crippen LogP contribution is -2.60. The Hall–Kier alpha value is -4.32. The van der Waals surface area contributed by atoms with Crippen LogP contribution >= 0.6 is 0 Å². The fourth-order valence-corrected chi connectivity index (χ4v) is 7.30. The number of aromatic nitrogens is 1. The quantitative estimate of drug-likeness (QED) is 0.508. The van der Waals surface area contributed by atoms with E-state index in [1.807, 2.05) is 27.7 Å². The second-order valence-corrected chi connectivity index (χ2v) is 13.1. The summed E-state index contributed by atoms with van der Waals surface area (Å²) in [6.07, 6.45) is 8.13. The number of carbonyl (C=O) groups excluding carboxylic acids is 4. The number of pyridine rings is 1. The number of nitriles is 1. The highest BCUT2D eigenvalue weighted by molar-refractivity contribution is 6.01. The molecular weight excluding hydrogens is 552 g/mol. The van der Waals surface area contributed by atoms with Crippen LogP contribution in [0.2, 0.25) is 0 Å². The molecule has 4 amide bonds. The zero-order valence-corrected chi connectivity index (χ0v) is 25.1. The number of alkyl carbamates (subject to hydrolysis) is 1. The van der Waals surface area contributed by atoms with Gasteiger partial charge in [0.05, 0.1) is 19.7 Å². The molecule has 4 aliphatic rings. The van der Waals surface area contributed by atoms with Gasteiger partial charge < -0.3 is 29.9 Å². The standard InChI is InChI=1S/C31H38N6O6/c1-7-18-10-11-19-15-36(27(39)24(30(3,4)5)34-29(41)42-6)23(22(19)17(18)2)26(38)37-16-31(13-20(37)14-32)28(40)35-25-21(43-31)9-8-12-33-25/h1,8-9,12,17-20,22-24H,10-11,13,15-16H2,2-6H3,(H,34,41)(H,33,35,40)/t17-,18-,19+,20+,22+,23+,24-,31-/m1/s1. The predicted molar refractivity (Wildman–Crippen MR) is 154 cm³/mol. The summed E-state index contributed by atoms with van der Waals surface area (Å²) in [5, 5.41) is 15.6. The van der Waals surface area contributed by atoms with Crippen LogP contribution < -0.4 is 15.4 Å². The van der Waals surface area contributed by atoms with Crippen molar-refractivity contribution in [1.82, 2.24) is 20.1 Å². The molecule has 12 nitrogen and oxygen atoms in total. The van der Waals surface area contributed by atoms with Gasteiger partial charge >= 0.3 is 6.09 Å². The van der Waals surface area contributed by atoms with E-state index in [0.717, 1.165) is 12.8 Å². The van der Waals surface area contributed by atoms with Crippen LogP contribution in [0, 0.1) is 52.8 Å². The van der Waals surface area contributed by atoms with Crippen LogP contribution in [-0.4, -0.2) is 82.5 Å². The fraction of sp³-hybridized carbons (Fsp3) is 0.613. The van der Waals surface area contributed by atoms with Gasteiger partial charge in [0.15, 0.2) is 11.6 Å². The monoisotopic (exact) mass is 590 g/mol. The van der Waals surface area contributed by atoms with Crippen molar-refractivity contribution in [3.8, 4) is 24.2 Å². The Balaban J connectivity index is 1.52. The van der Waals surface area contributed by atoms with Gasteiger partial charge in [-0.2, -0.15) is 5.26 Å². The largest absolute Gasteiger partial charge is 0.472 e. The van der Waals surface area contributed by atoms with Crippen LogP contribution in [0.25, 0.3) is 0 Å². The van der Waals surface area contributed by atoms with Gasteiger partial charge in [-0.3, -0.25) is 14.4 Å². The zero-order chi connectivity index (χ0) is 31.3. The summed E-state index contributed by atoms with van der Waals surface area (Å²) in [4.78, 5) is 61.6. The summed E-state index contributed by atoms with van der Waals surface area (Å²) >= 11 is 0. The lowest BCUT2D eigenvalue weighted by Gasteiger charge is -2.40. The number of fused-ring (bicyclic) bond motifs is 2. The Morgan fingerprint density at radius 1 is 1.30 bits per heavy atom. The first kappa shape index (κ1) is 30.1. The summed E-state index contributed by atoms with van der Waals surface area (Å²) in [5.74, 6) is 1.73. The molecule has 1 aromatic rings. The van der Waals surface area contributed by atoms with Gasteiger partial charge in [0, 0.05) is 25.1 Å². The molecule has 0 radical (unpaired) electrons. The first-order chi connectivity index (χ1) is 20.3. The van der Waals surface area contributed by atoms with E-state index in [2.05, 4.69) is 27.6 Å². The number of nitrogens with one attached hydrogen (secondary N) is 2. The van der Waals surface area contributed by atoms with Crippen molar-refractivity contribution < 1.29 is 28.7 Å². The highest BCUT2D eigenvalue weighted by Crippen LogP contribution is 2.48. The molecule has 43 heavy (non-hydrogen) atoms. The van der Waals surface area contributed by atoms with E-state index in [1.54, 1.807) is 17.0 Å². The number of carbonyl (C=O) groups is 4. The van der Waals surface area contributed by atoms with Crippen LogP contribution in [0.1, 0.15) is 47.0 Å². The molecule has 1 aliphatic carbocycles. The number of methoxy groups -OCH3 is 1. The molecule has 1 spiro atoms. The first-order valence-corrected chi connectivity index (χ1v) is 14.6. The normalized spacial score (nSPS) is 31.9. The van der Waals surface area contributed by atoms with Gasteiger partial charge in [-0.05, 0) is 48.1 Å². The molecule has 3 aliphatic heterocycles. The number of hydrogen-bond acceptors (Lipinski definition) is 8. The first-order valence-electron chi connectivity index (χ1n) is 14.6. The molecule has 12 heteroatoms. The maximum atomic E-state index is 14.7. The average molecular weight is 591 g/mol. The van der Waals surface area contributed by atoms with Crippen molar-refractivity contribution in [1.29, 1.82) is 5.26 Å². The van der Waals surface area contributed by atoms with E-state index < -0.39 is 53.0 Å². The average Bonchev–Trinajstić information content (AvgIpc) is 3.55. The Kier molecular flexibility index (Phi) is 7.76. The van der Waals surface area contributed by atoms with E-state index in [9.17, 15) is 24.4 Å². The van der Waals surface area contributed by atoms with Crippen molar-refractivity contribution in [3.63, 3.8) is 0 Å². The maximum Gasteiger partial charge on any atom is 0.407 e. The number of terminal acetylenes is 1. The van der Waals surface area contributed by atoms with Crippen LogP contribution in [-0.2, 0) is 19.1 Å². The van der Waals surface area contributed by atoms with E-state index in [1.165, 1.54) is 18.2 Å². The molecule has 0 unspecified atom stereocenters. The Morgan fingerprint density at radius 3 is 2.70 bits per heavy atom. The molecule has 2 saturated heterocycles. The van der Waals surface area contributed by atoms with Crippen molar-refractivity contribution in [2.24, 2.45) is 29.1 Å². The molecule has 0 bridgehead atoms. The number of hydrogen-bond donors (Lipinski definition) is 2. The van der Waals surface area contributed by atoms with Crippen molar-refractivity contribution in [2.75, 3.05) is 25.5 Å². The highest BCUT2D eigenvalue weighted by atomic mass is 16.5. The number of likely N-dealkylation sites (tertiary alicyclic amines) is 2. The SMILES string of the molecule is C#C[C@@H]1CC[C@H]2CN(C(=O)[C@@H](NC(=O)OC)C(C)(C)C)[C@H](C(=O)N3C[C@@]4(C[C@H]3C#N)Oc3cccnc3NC4=O)[C@H]2[C@@H]1C. The third-order valence-corrected chi connectivity index (χ3v) is 9.56. The minimum absolute atomic E-state index is 0.000486. The van der Waals surface area contributed by atoms with E-state index in [-0.39, 0.29) is 42.5 Å². The molecule has 4 heterocycles. The molecule has 8 atom stereocenters. The molecule has 2 N–H and O–H groups in total. The molecule has 3 fully saturated rings. The zero-order valence-electron chi connectivity index (χ0n) is 25.1. The third-order valence-electron chi connectivity index (χ3n) is 9.56. The topological polar surface area (TPSA) is 154 Å². The number of nitrogens with zero attached hydrogens (tertiary/aromatic N) is 4. The second kappa shape index (κ2) is 11.1. The number of ether oxygens (including phenoxy) is 2. The second-order valence-electron chi connectivity index (χ2n) is 13.1. The van der Waals surface area contributed by atoms with Crippen LogP contribution in [0.15, 0.2) is 18.3 Å². The van der Waals surface area contributed by atoms with Gasteiger partial charge in [0.25, 0.3) is 5.91 Å². The minimum atomic E-state index is -1.49. The third kappa shape index (κ3) is 5.13. The van der Waals surface area contributed by atoms with Gasteiger partial charge in [0.1, 0.15) is 18.1 Å². The summed E-state index contributed by atoms with van der Waals surface area (Å²) in [5.41, 5.74) is -2.19. The Morgan fingerprint density at radius 2 is 2.05 bits per heavy atom. The number of rotatable bonds is 3. The summed E-state index contributed by atoms with van der Waals surface area (Å²) in [7, 11) is 1.22. The Bertz CT molecular complexity index is 1410. The van der Waals surface area contributed by atoms with Crippen LogP contribution in [0.3, 0.4) is 0 Å². The summed E-state index contributed by atoms with van der Waals surface area (Å²) < 4.78 is 11.0. The summed E-state index contributed by atoms with van der Waals surface area (Å²) in [6, 6.07) is 2.62. The highest BCUT2D eigenvalue weighted by Gasteiger charge is 2.60. The molecule has 0 aromatic carbocycles. The van der Waals surface area contributed by atoms with Crippen molar-refractivity contribution in [3.05, 3.63) is 18.3 Å². The van der Waals surface area contributed by atoms with Gasteiger partial charge in [-0.25, -0.2) is 9.78 Å². The number of anilines is 1. The van der Waals surface area contributed by atoms with Crippen LogP contribution in [0.5, 0.6) is 5.75 Å². The van der Waals surface area contributed by atoms with Gasteiger partial charge in [-0.15, -0.1) is 12.3 Å². The molecule has 5 rings (SSSR count). The fourth-order valence-electron chi connectivity index (χ4n) is 7.30. The van der Waals surface area contributed by atoms with Crippen molar-refractivity contribution >= 4 is 29.6 Å². The molecular formula is C31H38N6O6. The minimum Gasteiger partial charge on any atom is -0.472 e. The Labute approximate surface area is 251 Å². The van der Waals surface area contributed by atoms with Crippen molar-refractivity contribution in [2.45, 2.75) is 70.7 Å². The van der Waals surface area contributed by atoms with Gasteiger partial charge in [-0.1, -0.05) is 27.7 Å². The predicted octanol–water partition coefficient (Wildman–Crippen LogP) is 2.17. The lowest BCUT2D eigenvalue weighted by atomic mass is 9.66. The molecule has 1 aromatic heterocycles. The van der Waals surface area contributed by atoms with E-state index in [4.69, 9.17) is 15.9 Å². The van der Waals surface area contributed by atoms with E-state index in [0.29, 0.717) is 12.3 Å². The number of amides is 4. The molecule has 228 valence electrons.